The van der Waals surface area contributed by atoms with Crippen LogP contribution in [-0.2, 0) is 18.9 Å². The summed E-state index contributed by atoms with van der Waals surface area (Å²) in [5.74, 6) is -0.687. The molecule has 1 fully saturated rings. The number of benzene rings is 2. The van der Waals surface area contributed by atoms with E-state index in [-0.39, 0.29) is 25.1 Å². The lowest BCUT2D eigenvalue weighted by atomic mass is 9.88. The normalized spacial score (nSPS) is 16.0. The standard InChI is InChI=1S/C21H20F6N2O/c22-20(23,24)17-9-16(10-18(11-17)21(25,26)27)19(30)29-6-4-14(5-7-29)15-3-1-2-13(8-15)12-28/h1-3,8-11,14H,4-7,12,28H2. The second kappa shape index (κ2) is 8.29. The first kappa shape index (κ1) is 22.1. The van der Waals surface area contributed by atoms with Crippen molar-refractivity contribution in [3.05, 3.63) is 70.3 Å². The lowest BCUT2D eigenvalue weighted by Gasteiger charge is -2.32. The number of piperidine rings is 1. The summed E-state index contributed by atoms with van der Waals surface area (Å²) in [5, 5.41) is 0. The van der Waals surface area contributed by atoms with Gasteiger partial charge in [0.25, 0.3) is 5.91 Å². The SMILES string of the molecule is NCc1cccc(C2CCN(C(=O)c3cc(C(F)(F)F)cc(C(F)(F)F)c3)CC2)c1. The first-order valence-electron chi connectivity index (χ1n) is 9.36. The average molecular weight is 430 g/mol. The van der Waals surface area contributed by atoms with E-state index in [2.05, 4.69) is 0 Å². The Kier molecular flexibility index (Phi) is 6.12. The van der Waals surface area contributed by atoms with E-state index in [0.717, 1.165) is 11.1 Å². The van der Waals surface area contributed by atoms with Gasteiger partial charge in [-0.3, -0.25) is 4.79 Å². The summed E-state index contributed by atoms with van der Waals surface area (Å²) in [6.45, 7) is 0.879. The van der Waals surface area contributed by atoms with E-state index in [1.165, 1.54) is 4.90 Å². The molecule has 2 aromatic carbocycles. The molecule has 0 aromatic heterocycles. The number of hydrogen-bond donors (Lipinski definition) is 1. The molecular formula is C21H20F6N2O. The number of likely N-dealkylation sites (tertiary alicyclic amines) is 1. The molecule has 0 aliphatic carbocycles. The Morgan fingerprint density at radius 3 is 2.00 bits per heavy atom. The second-order valence-corrected chi connectivity index (χ2v) is 7.31. The van der Waals surface area contributed by atoms with Crippen LogP contribution in [0.2, 0.25) is 0 Å². The van der Waals surface area contributed by atoms with Crippen molar-refractivity contribution in [3.63, 3.8) is 0 Å². The quantitative estimate of drug-likeness (QED) is 0.681. The number of nitrogens with zero attached hydrogens (tertiary/aromatic N) is 1. The Hall–Kier alpha value is -2.55. The molecule has 0 bridgehead atoms. The van der Waals surface area contributed by atoms with Gasteiger partial charge in [0.05, 0.1) is 11.1 Å². The average Bonchev–Trinajstić information content (AvgIpc) is 2.72. The van der Waals surface area contributed by atoms with Crippen LogP contribution in [0.25, 0.3) is 0 Å². The van der Waals surface area contributed by atoms with Gasteiger partial charge < -0.3 is 10.6 Å². The molecule has 2 aromatic rings. The van der Waals surface area contributed by atoms with Crippen molar-refractivity contribution in [1.29, 1.82) is 0 Å². The van der Waals surface area contributed by atoms with Crippen LogP contribution in [0.3, 0.4) is 0 Å². The van der Waals surface area contributed by atoms with Crippen LogP contribution in [0.4, 0.5) is 26.3 Å². The number of carbonyl (C=O) groups is 1. The maximum Gasteiger partial charge on any atom is 0.416 e. The third kappa shape index (κ3) is 4.95. The van der Waals surface area contributed by atoms with Gasteiger partial charge in [0, 0.05) is 25.2 Å². The van der Waals surface area contributed by atoms with E-state index in [4.69, 9.17) is 5.73 Å². The third-order valence-electron chi connectivity index (χ3n) is 5.27. The van der Waals surface area contributed by atoms with Gasteiger partial charge in [-0.05, 0) is 48.1 Å². The van der Waals surface area contributed by atoms with Crippen LogP contribution in [0.15, 0.2) is 42.5 Å². The summed E-state index contributed by atoms with van der Waals surface area (Å²) < 4.78 is 78.2. The highest BCUT2D eigenvalue weighted by molar-refractivity contribution is 5.94. The third-order valence-corrected chi connectivity index (χ3v) is 5.27. The van der Waals surface area contributed by atoms with Crippen molar-refractivity contribution >= 4 is 5.91 Å². The Morgan fingerprint density at radius 1 is 0.933 bits per heavy atom. The van der Waals surface area contributed by atoms with Crippen molar-refractivity contribution in [1.82, 2.24) is 4.90 Å². The molecule has 1 heterocycles. The largest absolute Gasteiger partial charge is 0.416 e. The fourth-order valence-electron chi connectivity index (χ4n) is 3.65. The summed E-state index contributed by atoms with van der Waals surface area (Å²) in [6.07, 6.45) is -8.86. The van der Waals surface area contributed by atoms with E-state index in [9.17, 15) is 31.1 Å². The maximum absolute atomic E-state index is 13.0. The summed E-state index contributed by atoms with van der Waals surface area (Å²) in [6, 6.07) is 8.69. The molecule has 0 unspecified atom stereocenters. The highest BCUT2D eigenvalue weighted by Gasteiger charge is 2.38. The molecule has 0 saturated carbocycles. The fraction of sp³-hybridized carbons (Fsp3) is 0.381. The molecule has 1 aliphatic heterocycles. The van der Waals surface area contributed by atoms with Gasteiger partial charge in [-0.15, -0.1) is 0 Å². The summed E-state index contributed by atoms with van der Waals surface area (Å²) in [5.41, 5.74) is 4.08. The summed E-state index contributed by atoms with van der Waals surface area (Å²) >= 11 is 0. The first-order valence-corrected chi connectivity index (χ1v) is 9.36. The Balaban J connectivity index is 1.79. The van der Waals surface area contributed by atoms with Gasteiger partial charge in [0.1, 0.15) is 0 Å². The number of hydrogen-bond acceptors (Lipinski definition) is 2. The van der Waals surface area contributed by atoms with Gasteiger partial charge in [-0.25, -0.2) is 0 Å². The summed E-state index contributed by atoms with van der Waals surface area (Å²) in [4.78, 5) is 14.0. The van der Waals surface area contributed by atoms with Crippen molar-refractivity contribution in [3.8, 4) is 0 Å². The zero-order valence-electron chi connectivity index (χ0n) is 15.9. The highest BCUT2D eigenvalue weighted by Crippen LogP contribution is 2.37. The Bertz CT molecular complexity index is 882. The van der Waals surface area contributed by atoms with E-state index in [0.29, 0.717) is 31.5 Å². The number of rotatable bonds is 3. The molecule has 3 nitrogen and oxygen atoms in total. The molecule has 9 heteroatoms. The van der Waals surface area contributed by atoms with Gasteiger partial charge in [0.15, 0.2) is 0 Å². The zero-order chi connectivity index (χ0) is 22.1. The van der Waals surface area contributed by atoms with Crippen LogP contribution >= 0.6 is 0 Å². The van der Waals surface area contributed by atoms with Crippen molar-refractivity contribution in [2.45, 2.75) is 37.7 Å². The lowest BCUT2D eigenvalue weighted by Crippen LogP contribution is -2.38. The smallest absolute Gasteiger partial charge is 0.339 e. The summed E-state index contributed by atoms with van der Waals surface area (Å²) in [7, 11) is 0. The molecule has 2 N–H and O–H groups in total. The van der Waals surface area contributed by atoms with Crippen molar-refractivity contribution < 1.29 is 31.1 Å². The fourth-order valence-corrected chi connectivity index (χ4v) is 3.65. The molecule has 0 atom stereocenters. The molecular weight excluding hydrogens is 410 g/mol. The van der Waals surface area contributed by atoms with Crippen LogP contribution in [0, 0.1) is 0 Å². The topological polar surface area (TPSA) is 46.3 Å². The maximum atomic E-state index is 13.0. The van der Waals surface area contributed by atoms with Gasteiger partial charge >= 0.3 is 12.4 Å². The van der Waals surface area contributed by atoms with Gasteiger partial charge in [-0.2, -0.15) is 26.3 Å². The monoisotopic (exact) mass is 430 g/mol. The number of amides is 1. The van der Waals surface area contributed by atoms with E-state index >= 15 is 0 Å². The molecule has 1 aliphatic rings. The molecule has 1 saturated heterocycles. The zero-order valence-corrected chi connectivity index (χ0v) is 15.9. The lowest BCUT2D eigenvalue weighted by molar-refractivity contribution is -0.143. The van der Waals surface area contributed by atoms with Gasteiger partial charge in [-0.1, -0.05) is 24.3 Å². The van der Waals surface area contributed by atoms with Crippen LogP contribution in [-0.4, -0.2) is 23.9 Å². The Morgan fingerprint density at radius 2 is 1.50 bits per heavy atom. The van der Waals surface area contributed by atoms with E-state index < -0.39 is 35.0 Å². The first-order chi connectivity index (χ1) is 14.0. The number of nitrogens with two attached hydrogens (primary N) is 1. The number of alkyl halides is 6. The molecule has 1 amide bonds. The van der Waals surface area contributed by atoms with Crippen molar-refractivity contribution in [2.24, 2.45) is 5.73 Å². The predicted molar refractivity (Wildman–Crippen MR) is 98.7 cm³/mol. The predicted octanol–water partition coefficient (Wildman–Crippen LogP) is 5.20. The molecule has 162 valence electrons. The van der Waals surface area contributed by atoms with Crippen LogP contribution < -0.4 is 5.73 Å². The number of carbonyl (C=O) groups excluding carboxylic acids is 1. The Labute approximate surface area is 169 Å². The van der Waals surface area contributed by atoms with Gasteiger partial charge in [0.2, 0.25) is 0 Å². The molecule has 3 rings (SSSR count). The minimum Gasteiger partial charge on any atom is -0.339 e. The van der Waals surface area contributed by atoms with E-state index in [1.807, 2.05) is 24.3 Å². The molecule has 0 spiro atoms. The minimum atomic E-state index is -4.99. The van der Waals surface area contributed by atoms with Crippen LogP contribution in [0.1, 0.15) is 51.4 Å². The molecule has 0 radical (unpaired) electrons. The van der Waals surface area contributed by atoms with Crippen molar-refractivity contribution in [2.75, 3.05) is 13.1 Å². The highest BCUT2D eigenvalue weighted by atomic mass is 19.4. The molecule has 30 heavy (non-hydrogen) atoms. The second-order valence-electron chi connectivity index (χ2n) is 7.31. The van der Waals surface area contributed by atoms with E-state index in [1.54, 1.807) is 0 Å². The minimum absolute atomic E-state index is 0.0213. The number of halogens is 6. The van der Waals surface area contributed by atoms with Crippen LogP contribution in [0.5, 0.6) is 0 Å².